The summed E-state index contributed by atoms with van der Waals surface area (Å²) in [5, 5.41) is 3.44. The molecule has 0 bridgehead atoms. The molecule has 0 spiro atoms. The maximum Gasteiger partial charge on any atom is 0.0506 e. The minimum absolute atomic E-state index is 0.868. The van der Waals surface area contributed by atoms with Gasteiger partial charge in [-0.15, -0.1) is 0 Å². The van der Waals surface area contributed by atoms with Crippen LogP contribution in [0.25, 0.3) is 0 Å². The fourth-order valence-corrected chi connectivity index (χ4v) is 3.10. The molecule has 0 atom stereocenters. The maximum absolute atomic E-state index is 3.44. The molecule has 0 aromatic heterocycles. The highest BCUT2D eigenvalue weighted by atomic mass is 127. The normalized spacial score (nSPS) is 28.1. The average Bonchev–Trinajstić information content (AvgIpc) is 2.30. The Hall–Kier alpha value is 0.610. The van der Waals surface area contributed by atoms with Crippen LogP contribution in [0.4, 0.5) is 0 Å². The van der Waals surface area contributed by atoms with Crippen molar-refractivity contribution < 1.29 is 0 Å². The molecule has 0 aliphatic carbocycles. The Bertz CT molecular complexity index is 163. The predicted octanol–water partition coefficient (Wildman–Crippen LogP) is 0.748. The maximum atomic E-state index is 3.44. The van der Waals surface area contributed by atoms with Gasteiger partial charge >= 0.3 is 0 Å². The van der Waals surface area contributed by atoms with Crippen LogP contribution < -0.4 is 5.32 Å². The first-order chi connectivity index (χ1) is 6.90. The summed E-state index contributed by atoms with van der Waals surface area (Å²) in [6.45, 7) is 7.55. The van der Waals surface area contributed by atoms with Crippen LogP contribution in [-0.4, -0.2) is 59.7 Å². The standard InChI is InChI=1S/C10H20IN3/c11-9-13-5-7-14(8-6-13)10-1-3-12-4-2-10/h10,12H,1-9H2. The van der Waals surface area contributed by atoms with Gasteiger partial charge in [-0.3, -0.25) is 9.80 Å². The molecule has 2 saturated heterocycles. The lowest BCUT2D eigenvalue weighted by molar-refractivity contribution is 0.0934. The minimum Gasteiger partial charge on any atom is -0.317 e. The van der Waals surface area contributed by atoms with Crippen LogP contribution in [0.5, 0.6) is 0 Å². The number of halogens is 1. The molecule has 0 radical (unpaired) electrons. The van der Waals surface area contributed by atoms with Gasteiger partial charge in [-0.05, 0) is 25.9 Å². The van der Waals surface area contributed by atoms with Crippen molar-refractivity contribution in [3.63, 3.8) is 0 Å². The first-order valence-corrected chi connectivity index (χ1v) is 7.16. The molecular formula is C10H20IN3. The predicted molar refractivity (Wildman–Crippen MR) is 67.9 cm³/mol. The van der Waals surface area contributed by atoms with Gasteiger partial charge in [0.05, 0.1) is 4.55 Å². The smallest absolute Gasteiger partial charge is 0.0506 e. The van der Waals surface area contributed by atoms with Gasteiger partial charge in [0.1, 0.15) is 0 Å². The lowest BCUT2D eigenvalue weighted by atomic mass is 10.0. The van der Waals surface area contributed by atoms with Crippen molar-refractivity contribution in [2.24, 2.45) is 0 Å². The van der Waals surface area contributed by atoms with Crippen LogP contribution in [0.3, 0.4) is 0 Å². The van der Waals surface area contributed by atoms with Crippen LogP contribution in [0.2, 0.25) is 0 Å². The van der Waals surface area contributed by atoms with E-state index in [1.807, 2.05) is 0 Å². The van der Waals surface area contributed by atoms with Gasteiger partial charge in [-0.25, -0.2) is 0 Å². The van der Waals surface area contributed by atoms with Crippen molar-refractivity contribution in [3.8, 4) is 0 Å². The molecule has 2 fully saturated rings. The monoisotopic (exact) mass is 309 g/mol. The SMILES string of the molecule is ICN1CCN(C2CCNCC2)CC1. The van der Waals surface area contributed by atoms with Crippen molar-refractivity contribution in [3.05, 3.63) is 0 Å². The number of nitrogens with one attached hydrogen (secondary N) is 1. The summed E-state index contributed by atoms with van der Waals surface area (Å²) >= 11 is 2.47. The minimum atomic E-state index is 0.868. The van der Waals surface area contributed by atoms with Crippen molar-refractivity contribution in [1.82, 2.24) is 15.1 Å². The summed E-state index contributed by atoms with van der Waals surface area (Å²) in [7, 11) is 0. The number of rotatable bonds is 2. The van der Waals surface area contributed by atoms with Gasteiger partial charge in [0, 0.05) is 32.2 Å². The average molecular weight is 309 g/mol. The van der Waals surface area contributed by atoms with E-state index in [-0.39, 0.29) is 0 Å². The van der Waals surface area contributed by atoms with E-state index < -0.39 is 0 Å². The Morgan fingerprint density at radius 2 is 1.71 bits per heavy atom. The van der Waals surface area contributed by atoms with Gasteiger partial charge in [0.2, 0.25) is 0 Å². The second-order valence-corrected chi connectivity index (χ2v) is 4.94. The van der Waals surface area contributed by atoms with Crippen LogP contribution >= 0.6 is 22.6 Å². The first kappa shape index (κ1) is 11.1. The molecule has 0 aromatic carbocycles. The molecule has 2 aliphatic heterocycles. The fraction of sp³-hybridized carbons (Fsp3) is 1.00. The second kappa shape index (κ2) is 5.63. The van der Waals surface area contributed by atoms with Crippen LogP contribution in [0.1, 0.15) is 12.8 Å². The van der Waals surface area contributed by atoms with E-state index in [4.69, 9.17) is 0 Å². The Balaban J connectivity index is 1.76. The quantitative estimate of drug-likeness (QED) is 0.461. The summed E-state index contributed by atoms with van der Waals surface area (Å²) < 4.78 is 1.19. The van der Waals surface area contributed by atoms with Gasteiger partial charge < -0.3 is 5.32 Å². The van der Waals surface area contributed by atoms with E-state index in [0.29, 0.717) is 0 Å². The summed E-state index contributed by atoms with van der Waals surface area (Å²) in [4.78, 5) is 5.24. The zero-order valence-electron chi connectivity index (χ0n) is 8.71. The van der Waals surface area contributed by atoms with E-state index in [0.717, 1.165) is 6.04 Å². The van der Waals surface area contributed by atoms with E-state index in [1.165, 1.54) is 56.7 Å². The topological polar surface area (TPSA) is 18.5 Å². The van der Waals surface area contributed by atoms with E-state index in [1.54, 1.807) is 0 Å². The first-order valence-electron chi connectivity index (χ1n) is 5.63. The highest BCUT2D eigenvalue weighted by Crippen LogP contribution is 2.14. The van der Waals surface area contributed by atoms with E-state index in [9.17, 15) is 0 Å². The number of nitrogens with zero attached hydrogens (tertiary/aromatic N) is 2. The zero-order chi connectivity index (χ0) is 9.80. The molecule has 2 heterocycles. The van der Waals surface area contributed by atoms with Crippen molar-refractivity contribution in [2.45, 2.75) is 18.9 Å². The third-order valence-corrected chi connectivity index (χ3v) is 4.37. The Kier molecular flexibility index (Phi) is 4.46. The molecular weight excluding hydrogens is 289 g/mol. The molecule has 1 N–H and O–H groups in total. The number of hydrogen-bond donors (Lipinski definition) is 1. The molecule has 2 aliphatic rings. The molecule has 3 nitrogen and oxygen atoms in total. The largest absolute Gasteiger partial charge is 0.317 e. The lowest BCUT2D eigenvalue weighted by Crippen LogP contribution is -2.52. The van der Waals surface area contributed by atoms with Gasteiger partial charge in [0.25, 0.3) is 0 Å². The molecule has 82 valence electrons. The highest BCUT2D eigenvalue weighted by molar-refractivity contribution is 14.1. The van der Waals surface area contributed by atoms with Gasteiger partial charge in [0.15, 0.2) is 0 Å². The molecule has 0 aromatic rings. The lowest BCUT2D eigenvalue weighted by Gasteiger charge is -2.40. The molecule has 14 heavy (non-hydrogen) atoms. The third-order valence-electron chi connectivity index (χ3n) is 3.40. The summed E-state index contributed by atoms with van der Waals surface area (Å²) in [6, 6.07) is 0.868. The van der Waals surface area contributed by atoms with Gasteiger partial charge in [-0.1, -0.05) is 22.6 Å². The molecule has 0 amide bonds. The number of piperidine rings is 1. The highest BCUT2D eigenvalue weighted by Gasteiger charge is 2.24. The van der Waals surface area contributed by atoms with Gasteiger partial charge in [-0.2, -0.15) is 0 Å². The third kappa shape index (κ3) is 2.81. The zero-order valence-corrected chi connectivity index (χ0v) is 10.9. The van der Waals surface area contributed by atoms with Crippen LogP contribution in [0.15, 0.2) is 0 Å². The fourth-order valence-electron chi connectivity index (χ4n) is 2.42. The molecule has 0 saturated carbocycles. The number of piperazine rings is 1. The Morgan fingerprint density at radius 1 is 1.07 bits per heavy atom. The van der Waals surface area contributed by atoms with Crippen molar-refractivity contribution in [2.75, 3.05) is 43.8 Å². The summed E-state index contributed by atoms with van der Waals surface area (Å²) in [5.74, 6) is 0. The summed E-state index contributed by atoms with van der Waals surface area (Å²) in [6.07, 6.45) is 2.70. The van der Waals surface area contributed by atoms with Crippen molar-refractivity contribution in [1.29, 1.82) is 0 Å². The number of alkyl halides is 1. The summed E-state index contributed by atoms with van der Waals surface area (Å²) in [5.41, 5.74) is 0. The number of hydrogen-bond acceptors (Lipinski definition) is 3. The molecule has 2 rings (SSSR count). The molecule has 4 heteroatoms. The van der Waals surface area contributed by atoms with E-state index in [2.05, 4.69) is 37.7 Å². The molecule has 0 unspecified atom stereocenters. The Labute approximate surface area is 100 Å². The van der Waals surface area contributed by atoms with Crippen molar-refractivity contribution >= 4 is 22.6 Å². The second-order valence-electron chi connectivity index (χ2n) is 4.25. The van der Waals surface area contributed by atoms with Crippen LogP contribution in [-0.2, 0) is 0 Å². The Morgan fingerprint density at radius 3 is 2.29 bits per heavy atom. The van der Waals surface area contributed by atoms with E-state index >= 15 is 0 Å². The van der Waals surface area contributed by atoms with Crippen LogP contribution in [0, 0.1) is 0 Å².